The lowest BCUT2D eigenvalue weighted by molar-refractivity contribution is -0.128. The monoisotopic (exact) mass is 325 g/mol. The van der Waals surface area contributed by atoms with E-state index >= 15 is 0 Å². The van der Waals surface area contributed by atoms with Crippen molar-refractivity contribution in [2.75, 3.05) is 19.6 Å². The molecule has 2 saturated heterocycles. The number of rotatable bonds is 4. The predicted molar refractivity (Wildman–Crippen MR) is 86.1 cm³/mol. The van der Waals surface area contributed by atoms with Gasteiger partial charge in [0.1, 0.15) is 5.69 Å². The van der Waals surface area contributed by atoms with Crippen LogP contribution in [0.3, 0.4) is 0 Å². The summed E-state index contributed by atoms with van der Waals surface area (Å²) in [5.74, 6) is 0.239. The second kappa shape index (κ2) is 6.07. The molecule has 2 amide bonds. The van der Waals surface area contributed by atoms with Gasteiger partial charge in [-0.25, -0.2) is 4.68 Å². The van der Waals surface area contributed by atoms with Crippen LogP contribution in [0.5, 0.6) is 0 Å². The maximum absolute atomic E-state index is 12.3. The molecule has 0 unspecified atom stereocenters. The van der Waals surface area contributed by atoms with Crippen molar-refractivity contribution in [3.8, 4) is 0 Å². The average Bonchev–Trinajstić information content (AvgIpc) is 3.17. The van der Waals surface area contributed by atoms with Gasteiger partial charge in [-0.15, -0.1) is 5.10 Å². The van der Waals surface area contributed by atoms with Crippen LogP contribution in [-0.2, 0) is 11.3 Å². The maximum Gasteiger partial charge on any atom is 0.253 e. The number of benzene rings is 1. The summed E-state index contributed by atoms with van der Waals surface area (Å²) in [5, 5.41) is 8.32. The molecule has 4 rings (SSSR count). The van der Waals surface area contributed by atoms with Gasteiger partial charge in [-0.05, 0) is 18.6 Å². The molecule has 2 fully saturated rings. The van der Waals surface area contributed by atoms with E-state index in [2.05, 4.69) is 10.3 Å². The van der Waals surface area contributed by atoms with E-state index in [1.807, 2.05) is 51.0 Å². The molecule has 0 spiro atoms. The lowest BCUT2D eigenvalue weighted by atomic mass is 10.1. The van der Waals surface area contributed by atoms with E-state index in [0.717, 1.165) is 18.7 Å². The third-order valence-electron chi connectivity index (χ3n) is 4.63. The van der Waals surface area contributed by atoms with Crippen molar-refractivity contribution in [2.24, 2.45) is 0 Å². The highest BCUT2D eigenvalue weighted by Crippen LogP contribution is 2.23. The standard InChI is InChI=1S/C17H19N5O2/c23-16-7-4-8-20(16)9-14-10-22(19-18-14)15-11-21(12-15)17(24)13-5-2-1-3-6-13/h1-3,5-6,10,15H,4,7-9,11-12H2. The number of aromatic nitrogens is 3. The minimum absolute atomic E-state index is 0.0508. The van der Waals surface area contributed by atoms with Crippen molar-refractivity contribution in [1.29, 1.82) is 0 Å². The molecule has 0 atom stereocenters. The molecule has 2 aromatic rings. The maximum atomic E-state index is 12.3. The van der Waals surface area contributed by atoms with E-state index in [1.165, 1.54) is 0 Å². The van der Waals surface area contributed by atoms with Gasteiger partial charge in [0.05, 0.1) is 18.8 Å². The topological polar surface area (TPSA) is 71.3 Å². The Hall–Kier alpha value is -2.70. The molecule has 7 heteroatoms. The molecule has 7 nitrogen and oxygen atoms in total. The van der Waals surface area contributed by atoms with Crippen molar-refractivity contribution in [3.05, 3.63) is 47.8 Å². The van der Waals surface area contributed by atoms with Gasteiger partial charge >= 0.3 is 0 Å². The summed E-state index contributed by atoms with van der Waals surface area (Å²) < 4.78 is 1.81. The van der Waals surface area contributed by atoms with Gasteiger partial charge in [-0.2, -0.15) is 0 Å². The van der Waals surface area contributed by atoms with Crippen LogP contribution < -0.4 is 0 Å². The zero-order chi connectivity index (χ0) is 16.5. The van der Waals surface area contributed by atoms with Crippen molar-refractivity contribution in [2.45, 2.75) is 25.4 Å². The summed E-state index contributed by atoms with van der Waals surface area (Å²) in [5.41, 5.74) is 1.51. The summed E-state index contributed by atoms with van der Waals surface area (Å²) in [7, 11) is 0. The number of hydrogen-bond acceptors (Lipinski definition) is 4. The van der Waals surface area contributed by atoms with Crippen LogP contribution in [-0.4, -0.2) is 56.2 Å². The summed E-state index contributed by atoms with van der Waals surface area (Å²) >= 11 is 0. The lowest BCUT2D eigenvalue weighted by Gasteiger charge is -2.38. The van der Waals surface area contributed by atoms with Crippen molar-refractivity contribution in [3.63, 3.8) is 0 Å². The molecule has 0 N–H and O–H groups in total. The fraction of sp³-hybridized carbons (Fsp3) is 0.412. The summed E-state index contributed by atoms with van der Waals surface area (Å²) in [6, 6.07) is 9.46. The SMILES string of the molecule is O=C1CCCN1Cc1cn(C2CN(C(=O)c3ccccc3)C2)nn1. The molecule has 3 heterocycles. The van der Waals surface area contributed by atoms with Gasteiger partial charge in [-0.1, -0.05) is 23.4 Å². The predicted octanol–water partition coefficient (Wildman–Crippen LogP) is 1.10. The van der Waals surface area contributed by atoms with Gasteiger partial charge in [0, 0.05) is 31.6 Å². The summed E-state index contributed by atoms with van der Waals surface area (Å²) in [6.07, 6.45) is 3.44. The number of carbonyl (C=O) groups excluding carboxylic acids is 2. The molecule has 0 aliphatic carbocycles. The van der Waals surface area contributed by atoms with E-state index in [4.69, 9.17) is 0 Å². The van der Waals surface area contributed by atoms with Crippen molar-refractivity contribution >= 4 is 11.8 Å². The highest BCUT2D eigenvalue weighted by atomic mass is 16.2. The van der Waals surface area contributed by atoms with E-state index in [1.54, 1.807) is 0 Å². The number of likely N-dealkylation sites (tertiary alicyclic amines) is 2. The van der Waals surface area contributed by atoms with E-state index in [-0.39, 0.29) is 17.9 Å². The van der Waals surface area contributed by atoms with Crippen LogP contribution in [0.15, 0.2) is 36.5 Å². The molecule has 0 saturated carbocycles. The minimum atomic E-state index is 0.0508. The molecule has 0 radical (unpaired) electrons. The van der Waals surface area contributed by atoms with Gasteiger partial charge in [0.15, 0.2) is 0 Å². The van der Waals surface area contributed by atoms with Gasteiger partial charge in [-0.3, -0.25) is 9.59 Å². The second-order valence-corrected chi connectivity index (χ2v) is 6.34. The molecule has 2 aliphatic rings. The Balaban J connectivity index is 1.34. The Labute approximate surface area is 139 Å². The molecule has 2 aliphatic heterocycles. The largest absolute Gasteiger partial charge is 0.337 e. The normalized spacial score (nSPS) is 18.1. The van der Waals surface area contributed by atoms with Crippen LogP contribution in [0.2, 0.25) is 0 Å². The Bertz CT molecular complexity index is 751. The highest BCUT2D eigenvalue weighted by molar-refractivity contribution is 5.94. The first-order chi connectivity index (χ1) is 11.7. The first-order valence-electron chi connectivity index (χ1n) is 8.23. The number of amides is 2. The molecular weight excluding hydrogens is 306 g/mol. The van der Waals surface area contributed by atoms with Crippen LogP contribution in [0.25, 0.3) is 0 Å². The zero-order valence-electron chi connectivity index (χ0n) is 13.3. The fourth-order valence-corrected chi connectivity index (χ4v) is 3.18. The number of carbonyl (C=O) groups is 2. The minimum Gasteiger partial charge on any atom is -0.337 e. The average molecular weight is 325 g/mol. The number of hydrogen-bond donors (Lipinski definition) is 0. The third kappa shape index (κ3) is 2.77. The first kappa shape index (κ1) is 14.9. The van der Waals surface area contributed by atoms with E-state index < -0.39 is 0 Å². The van der Waals surface area contributed by atoms with Crippen LogP contribution in [0, 0.1) is 0 Å². The third-order valence-corrected chi connectivity index (χ3v) is 4.63. The Morgan fingerprint density at radius 1 is 1.21 bits per heavy atom. The molecule has 1 aromatic carbocycles. The summed E-state index contributed by atoms with van der Waals surface area (Å²) in [4.78, 5) is 27.6. The van der Waals surface area contributed by atoms with Gasteiger partial charge < -0.3 is 9.80 Å². The summed E-state index contributed by atoms with van der Waals surface area (Å²) in [6.45, 7) is 2.60. The molecule has 24 heavy (non-hydrogen) atoms. The lowest BCUT2D eigenvalue weighted by Crippen LogP contribution is -2.50. The van der Waals surface area contributed by atoms with Gasteiger partial charge in [0.25, 0.3) is 5.91 Å². The van der Waals surface area contributed by atoms with Crippen molar-refractivity contribution in [1.82, 2.24) is 24.8 Å². The van der Waals surface area contributed by atoms with Crippen LogP contribution >= 0.6 is 0 Å². The van der Waals surface area contributed by atoms with Crippen LogP contribution in [0.4, 0.5) is 0 Å². The van der Waals surface area contributed by atoms with Crippen LogP contribution in [0.1, 0.15) is 34.9 Å². The Kier molecular flexibility index (Phi) is 3.76. The number of nitrogens with zero attached hydrogens (tertiary/aromatic N) is 5. The second-order valence-electron chi connectivity index (χ2n) is 6.34. The highest BCUT2D eigenvalue weighted by Gasteiger charge is 2.33. The van der Waals surface area contributed by atoms with Crippen molar-refractivity contribution < 1.29 is 9.59 Å². The molecule has 1 aromatic heterocycles. The van der Waals surface area contributed by atoms with E-state index in [0.29, 0.717) is 31.6 Å². The fourth-order valence-electron chi connectivity index (χ4n) is 3.18. The quantitative estimate of drug-likeness (QED) is 0.844. The van der Waals surface area contributed by atoms with E-state index in [9.17, 15) is 9.59 Å². The first-order valence-corrected chi connectivity index (χ1v) is 8.23. The molecular formula is C17H19N5O2. The zero-order valence-corrected chi connectivity index (χ0v) is 13.3. The van der Waals surface area contributed by atoms with Gasteiger partial charge in [0.2, 0.25) is 5.91 Å². The molecule has 124 valence electrons. The Morgan fingerprint density at radius 3 is 2.71 bits per heavy atom. The Morgan fingerprint density at radius 2 is 2.00 bits per heavy atom. The molecule has 0 bridgehead atoms. The smallest absolute Gasteiger partial charge is 0.253 e.